The summed E-state index contributed by atoms with van der Waals surface area (Å²) >= 11 is 1.32. The number of hydrogen-bond acceptors (Lipinski definition) is 6. The number of piperidine rings is 3. The molecule has 192 valence electrons. The molecule has 2 bridgehead atoms. The number of carbonyl (C=O) groups is 2. The molecule has 4 aromatic rings. The molecule has 0 saturated carbocycles. The summed E-state index contributed by atoms with van der Waals surface area (Å²) in [6, 6.07) is 16.8. The minimum atomic E-state index is -0.308. The number of carbonyl (C=O) groups excluding carboxylic acids is 2. The zero-order valence-corrected chi connectivity index (χ0v) is 21.8. The number of ether oxygens (including phenoxy) is 1. The Balaban J connectivity index is 1.21. The second-order valence-corrected chi connectivity index (χ2v) is 11.1. The second kappa shape index (κ2) is 9.11. The molecule has 0 aliphatic carbocycles. The van der Waals surface area contributed by atoms with Gasteiger partial charge in [0, 0.05) is 19.3 Å². The first-order chi connectivity index (χ1) is 18.5. The molecule has 8 rings (SSSR count). The normalized spacial score (nSPS) is 21.9. The minimum absolute atomic E-state index is 0.0508. The van der Waals surface area contributed by atoms with E-state index >= 15 is 0 Å². The van der Waals surface area contributed by atoms with Gasteiger partial charge in [0.15, 0.2) is 0 Å². The Morgan fingerprint density at radius 2 is 1.89 bits per heavy atom. The Morgan fingerprint density at radius 3 is 2.63 bits per heavy atom. The highest BCUT2D eigenvalue weighted by Crippen LogP contribution is 2.46. The van der Waals surface area contributed by atoms with Crippen molar-refractivity contribution in [2.45, 2.75) is 32.4 Å². The lowest BCUT2D eigenvalue weighted by Gasteiger charge is -2.45. The molecule has 2 aromatic carbocycles. The van der Waals surface area contributed by atoms with E-state index in [9.17, 15) is 9.59 Å². The highest BCUT2D eigenvalue weighted by Gasteiger charge is 2.37. The highest BCUT2D eigenvalue weighted by molar-refractivity contribution is 7.21. The molecule has 3 saturated heterocycles. The van der Waals surface area contributed by atoms with E-state index in [1.54, 1.807) is 11.1 Å². The van der Waals surface area contributed by atoms with Crippen LogP contribution in [0.4, 0.5) is 21.9 Å². The maximum absolute atomic E-state index is 13.5. The fourth-order valence-corrected chi connectivity index (χ4v) is 6.91. The fraction of sp³-hybridized carbons (Fsp3) is 0.276. The number of thiophene rings is 1. The van der Waals surface area contributed by atoms with E-state index < -0.39 is 0 Å². The first-order valence-corrected chi connectivity index (χ1v) is 13.8. The number of urea groups is 1. The number of aromatic nitrogens is 1. The maximum Gasteiger partial charge on any atom is 0.331 e. The van der Waals surface area contributed by atoms with Crippen molar-refractivity contribution in [3.63, 3.8) is 0 Å². The predicted molar refractivity (Wildman–Crippen MR) is 149 cm³/mol. The topological polar surface area (TPSA) is 86.8 Å². The van der Waals surface area contributed by atoms with Gasteiger partial charge in [-0.1, -0.05) is 18.2 Å². The summed E-state index contributed by atoms with van der Waals surface area (Å²) in [6.45, 7) is 4.01. The molecule has 1 atom stereocenters. The molecular formula is C29H27N5O3S. The van der Waals surface area contributed by atoms with Crippen LogP contribution >= 0.6 is 11.3 Å². The van der Waals surface area contributed by atoms with Crippen molar-refractivity contribution in [2.24, 2.45) is 5.92 Å². The van der Waals surface area contributed by atoms with Crippen LogP contribution in [0.15, 0.2) is 60.8 Å². The Labute approximate surface area is 224 Å². The Morgan fingerprint density at radius 1 is 1.08 bits per heavy atom. The molecule has 3 amide bonds. The summed E-state index contributed by atoms with van der Waals surface area (Å²) < 4.78 is 5.98. The summed E-state index contributed by atoms with van der Waals surface area (Å²) in [5.41, 5.74) is 2.88. The quantitative estimate of drug-likeness (QED) is 0.322. The van der Waals surface area contributed by atoms with E-state index in [4.69, 9.17) is 4.74 Å². The van der Waals surface area contributed by atoms with Gasteiger partial charge in [-0.15, -0.1) is 11.3 Å². The lowest BCUT2D eigenvalue weighted by Crippen LogP contribution is -2.56. The smallest absolute Gasteiger partial charge is 0.331 e. The molecule has 2 aromatic heterocycles. The van der Waals surface area contributed by atoms with Gasteiger partial charge in [0.05, 0.1) is 28.6 Å². The summed E-state index contributed by atoms with van der Waals surface area (Å²) in [5.74, 6) is 1.97. The second-order valence-electron chi connectivity index (χ2n) is 10.1. The van der Waals surface area contributed by atoms with Crippen molar-refractivity contribution in [3.05, 3.63) is 71.2 Å². The van der Waals surface area contributed by atoms with Gasteiger partial charge in [0.1, 0.15) is 21.2 Å². The third-order valence-corrected chi connectivity index (χ3v) is 8.88. The first kappa shape index (κ1) is 23.2. The molecule has 9 heteroatoms. The van der Waals surface area contributed by atoms with Crippen molar-refractivity contribution in [3.8, 4) is 11.5 Å². The van der Waals surface area contributed by atoms with Crippen LogP contribution in [-0.2, 0) is 0 Å². The molecule has 4 aliphatic rings. The fourth-order valence-electron chi connectivity index (χ4n) is 5.88. The summed E-state index contributed by atoms with van der Waals surface area (Å²) in [6.07, 6.45) is 5.14. The van der Waals surface area contributed by atoms with Gasteiger partial charge in [-0.25, -0.2) is 9.78 Å². The molecule has 38 heavy (non-hydrogen) atoms. The molecule has 1 unspecified atom stereocenters. The van der Waals surface area contributed by atoms with Crippen LogP contribution < -0.4 is 20.3 Å². The van der Waals surface area contributed by atoms with E-state index in [2.05, 4.69) is 20.5 Å². The van der Waals surface area contributed by atoms with Crippen molar-refractivity contribution in [1.82, 2.24) is 15.2 Å². The zero-order valence-electron chi connectivity index (χ0n) is 20.9. The molecule has 0 radical (unpaired) electrons. The van der Waals surface area contributed by atoms with E-state index in [-0.39, 0.29) is 18.1 Å². The van der Waals surface area contributed by atoms with E-state index in [1.807, 2.05) is 61.5 Å². The number of benzene rings is 2. The van der Waals surface area contributed by atoms with Gasteiger partial charge >= 0.3 is 6.03 Å². The monoisotopic (exact) mass is 525 g/mol. The number of aryl methyl sites for hydroxylation is 1. The van der Waals surface area contributed by atoms with Crippen molar-refractivity contribution < 1.29 is 14.3 Å². The number of nitrogens with one attached hydrogen (secondary N) is 2. The van der Waals surface area contributed by atoms with Crippen LogP contribution in [-0.4, -0.2) is 41.1 Å². The number of anilines is 3. The number of pyridine rings is 1. The van der Waals surface area contributed by atoms with E-state index in [0.717, 1.165) is 46.7 Å². The van der Waals surface area contributed by atoms with Crippen molar-refractivity contribution >= 4 is 50.6 Å². The number of rotatable bonds is 5. The predicted octanol–water partition coefficient (Wildman–Crippen LogP) is 6.25. The Kier molecular flexibility index (Phi) is 5.56. The van der Waals surface area contributed by atoms with Crippen molar-refractivity contribution in [2.75, 3.05) is 23.3 Å². The van der Waals surface area contributed by atoms with Gasteiger partial charge in [-0.2, -0.15) is 0 Å². The third-order valence-electron chi connectivity index (χ3n) is 7.78. The summed E-state index contributed by atoms with van der Waals surface area (Å²) in [4.78, 5) is 36.7. The molecule has 4 aliphatic heterocycles. The Hall–Kier alpha value is -3.95. The molecule has 0 spiro atoms. The van der Waals surface area contributed by atoms with Crippen LogP contribution in [0.1, 0.15) is 34.5 Å². The van der Waals surface area contributed by atoms with Gasteiger partial charge in [0.2, 0.25) is 0 Å². The SMILES string of the molecule is Cc1cc(Oc2ccccc2)ccc1N1C(=O)Nc2c(C(=O)NC3CC4CCN3CC4)sc3nccc1c23. The molecule has 6 heterocycles. The molecule has 2 N–H and O–H groups in total. The van der Waals surface area contributed by atoms with Crippen LogP contribution in [0.2, 0.25) is 0 Å². The number of amides is 3. The largest absolute Gasteiger partial charge is 0.457 e. The van der Waals surface area contributed by atoms with E-state index in [1.165, 1.54) is 24.2 Å². The lowest BCUT2D eigenvalue weighted by atomic mass is 9.86. The van der Waals surface area contributed by atoms with Crippen LogP contribution in [0.5, 0.6) is 11.5 Å². The van der Waals surface area contributed by atoms with Gasteiger partial charge in [-0.05, 0) is 74.1 Å². The third kappa shape index (κ3) is 3.90. The summed E-state index contributed by atoms with van der Waals surface area (Å²) in [5, 5.41) is 7.03. The number of para-hydroxylation sites is 1. The average molecular weight is 526 g/mol. The first-order valence-electron chi connectivity index (χ1n) is 13.0. The summed E-state index contributed by atoms with van der Waals surface area (Å²) in [7, 11) is 0. The number of hydrogen-bond donors (Lipinski definition) is 2. The molecule has 3 fully saturated rings. The molecule has 8 nitrogen and oxygen atoms in total. The van der Waals surface area contributed by atoms with Gasteiger partial charge < -0.3 is 15.4 Å². The van der Waals surface area contributed by atoms with Gasteiger partial charge in [-0.3, -0.25) is 14.6 Å². The lowest BCUT2D eigenvalue weighted by molar-refractivity contribution is 0.0297. The molecular weight excluding hydrogens is 498 g/mol. The van der Waals surface area contributed by atoms with Crippen LogP contribution in [0.3, 0.4) is 0 Å². The highest BCUT2D eigenvalue weighted by atomic mass is 32.1. The number of nitrogens with zero attached hydrogens (tertiary/aromatic N) is 3. The van der Waals surface area contributed by atoms with Crippen LogP contribution in [0.25, 0.3) is 10.2 Å². The van der Waals surface area contributed by atoms with Gasteiger partial charge in [0.25, 0.3) is 5.91 Å². The van der Waals surface area contributed by atoms with Crippen LogP contribution in [0, 0.1) is 12.8 Å². The number of fused-ring (bicyclic) bond motifs is 3. The van der Waals surface area contributed by atoms with Crippen molar-refractivity contribution in [1.29, 1.82) is 0 Å². The minimum Gasteiger partial charge on any atom is -0.457 e. The standard InChI is InChI=1S/C29H27N5O3S/c1-17-15-20(37-19-5-3-2-4-6-19)7-8-21(17)34-22-9-12-30-28-24(22)25(32-29(34)36)26(38-28)27(35)31-23-16-18-10-13-33(23)14-11-18/h2-9,12,15,18,23H,10-11,13-14,16H2,1H3,(H,31,35)(H,32,36). The maximum atomic E-state index is 13.5. The average Bonchev–Trinajstić information content (AvgIpc) is 3.30. The zero-order chi connectivity index (χ0) is 25.8. The Bertz CT molecular complexity index is 1560. The van der Waals surface area contributed by atoms with E-state index in [0.29, 0.717) is 27.9 Å².